The van der Waals surface area contributed by atoms with E-state index in [1.54, 1.807) is 91.0 Å². The SMILES string of the molecule is O.O=C(O)c1ccccc1.O=C(O)c1ccccc1.O=C(O)c1ccccc1.[Fe]. The Hall–Kier alpha value is -3.45. The van der Waals surface area contributed by atoms with Crippen LogP contribution < -0.4 is 0 Å². The van der Waals surface area contributed by atoms with Crippen LogP contribution in [0.25, 0.3) is 0 Å². The van der Waals surface area contributed by atoms with Gasteiger partial charge in [0.05, 0.1) is 16.7 Å². The number of aromatic carboxylic acids is 3. The molecule has 154 valence electrons. The van der Waals surface area contributed by atoms with Gasteiger partial charge in [-0.1, -0.05) is 54.6 Å². The standard InChI is InChI=1S/3C7H6O2.Fe.H2O/c3*8-7(9)6-4-2-1-3-5-6;;/h3*1-5H,(H,8,9);;1H2. The Kier molecular flexibility index (Phi) is 14.9. The molecule has 0 saturated carbocycles. The van der Waals surface area contributed by atoms with E-state index >= 15 is 0 Å². The first-order chi connectivity index (χ1) is 12.9. The Morgan fingerprint density at radius 1 is 0.448 bits per heavy atom. The summed E-state index contributed by atoms with van der Waals surface area (Å²) in [6, 6.07) is 24.9. The second-order valence-corrected chi connectivity index (χ2v) is 5.01. The number of hydrogen-bond donors (Lipinski definition) is 3. The van der Waals surface area contributed by atoms with Crippen molar-refractivity contribution in [2.45, 2.75) is 0 Å². The number of rotatable bonds is 3. The minimum absolute atomic E-state index is 0. The van der Waals surface area contributed by atoms with E-state index < -0.39 is 17.9 Å². The molecule has 29 heavy (non-hydrogen) atoms. The maximum absolute atomic E-state index is 10.2. The molecule has 0 radical (unpaired) electrons. The van der Waals surface area contributed by atoms with Gasteiger partial charge in [-0.05, 0) is 36.4 Å². The third-order valence-electron chi connectivity index (χ3n) is 3.06. The minimum Gasteiger partial charge on any atom is -0.478 e. The molecule has 0 heterocycles. The van der Waals surface area contributed by atoms with Gasteiger partial charge in [-0.3, -0.25) is 0 Å². The van der Waals surface area contributed by atoms with Crippen molar-refractivity contribution in [1.29, 1.82) is 0 Å². The topological polar surface area (TPSA) is 143 Å². The zero-order valence-electron chi connectivity index (χ0n) is 15.1. The van der Waals surface area contributed by atoms with E-state index in [0.29, 0.717) is 16.7 Å². The second kappa shape index (κ2) is 15.6. The molecule has 3 rings (SSSR count). The molecule has 0 aliphatic heterocycles. The van der Waals surface area contributed by atoms with Crippen molar-refractivity contribution in [3.05, 3.63) is 108 Å². The monoisotopic (exact) mass is 440 g/mol. The van der Waals surface area contributed by atoms with Crippen molar-refractivity contribution in [3.8, 4) is 0 Å². The van der Waals surface area contributed by atoms with E-state index in [1.807, 2.05) is 0 Å². The molecule has 0 fully saturated rings. The summed E-state index contributed by atoms with van der Waals surface area (Å²) < 4.78 is 0. The van der Waals surface area contributed by atoms with Crippen molar-refractivity contribution in [2.75, 3.05) is 0 Å². The van der Waals surface area contributed by atoms with Gasteiger partial charge in [0, 0.05) is 17.1 Å². The van der Waals surface area contributed by atoms with E-state index in [9.17, 15) is 14.4 Å². The third kappa shape index (κ3) is 11.8. The summed E-state index contributed by atoms with van der Waals surface area (Å²) in [4.78, 5) is 30.6. The number of carbonyl (C=O) groups is 3. The van der Waals surface area contributed by atoms with Crippen LogP contribution in [0.2, 0.25) is 0 Å². The largest absolute Gasteiger partial charge is 0.478 e. The Morgan fingerprint density at radius 3 is 0.724 bits per heavy atom. The summed E-state index contributed by atoms with van der Waals surface area (Å²) in [5, 5.41) is 25.2. The van der Waals surface area contributed by atoms with Crippen molar-refractivity contribution in [2.24, 2.45) is 0 Å². The fourth-order valence-corrected chi connectivity index (χ4v) is 1.74. The Labute approximate surface area is 178 Å². The van der Waals surface area contributed by atoms with Crippen LogP contribution >= 0.6 is 0 Å². The molecule has 0 spiro atoms. The predicted octanol–water partition coefficient (Wildman–Crippen LogP) is 3.33. The van der Waals surface area contributed by atoms with Gasteiger partial charge in [0.1, 0.15) is 0 Å². The zero-order valence-corrected chi connectivity index (χ0v) is 16.2. The van der Waals surface area contributed by atoms with Crippen molar-refractivity contribution in [1.82, 2.24) is 0 Å². The molecule has 0 unspecified atom stereocenters. The van der Waals surface area contributed by atoms with Gasteiger partial charge in [0.15, 0.2) is 0 Å². The van der Waals surface area contributed by atoms with E-state index in [0.717, 1.165) is 0 Å². The van der Waals surface area contributed by atoms with Crippen LogP contribution in [0.5, 0.6) is 0 Å². The average molecular weight is 440 g/mol. The van der Waals surface area contributed by atoms with Crippen molar-refractivity contribution in [3.63, 3.8) is 0 Å². The van der Waals surface area contributed by atoms with Crippen LogP contribution in [0, 0.1) is 0 Å². The molecule has 0 atom stereocenters. The predicted molar refractivity (Wildman–Crippen MR) is 104 cm³/mol. The van der Waals surface area contributed by atoms with Crippen LogP contribution in [0.3, 0.4) is 0 Å². The molecule has 0 aliphatic rings. The summed E-state index contributed by atoms with van der Waals surface area (Å²) in [5.41, 5.74) is 0.993. The molecule has 8 heteroatoms. The molecule has 0 aliphatic carbocycles. The number of hydrogen-bond acceptors (Lipinski definition) is 3. The smallest absolute Gasteiger partial charge is 0.335 e. The molecule has 0 bridgehead atoms. The van der Waals surface area contributed by atoms with E-state index in [1.165, 1.54) is 0 Å². The normalized spacial score (nSPS) is 8.28. The summed E-state index contributed by atoms with van der Waals surface area (Å²) >= 11 is 0. The Morgan fingerprint density at radius 2 is 0.621 bits per heavy atom. The first-order valence-electron chi connectivity index (χ1n) is 7.77. The van der Waals surface area contributed by atoms with Crippen LogP contribution in [0.4, 0.5) is 0 Å². The maximum Gasteiger partial charge on any atom is 0.335 e. The maximum atomic E-state index is 10.2. The van der Waals surface area contributed by atoms with Gasteiger partial charge in [-0.25, -0.2) is 14.4 Å². The van der Waals surface area contributed by atoms with E-state index in [-0.39, 0.29) is 22.5 Å². The van der Waals surface area contributed by atoms with Gasteiger partial charge < -0.3 is 20.8 Å². The fraction of sp³-hybridized carbons (Fsp3) is 0. The van der Waals surface area contributed by atoms with Crippen molar-refractivity contribution < 1.29 is 52.2 Å². The zero-order chi connectivity index (χ0) is 20.1. The van der Waals surface area contributed by atoms with Gasteiger partial charge in [0.25, 0.3) is 0 Å². The summed E-state index contributed by atoms with van der Waals surface area (Å²) in [6.45, 7) is 0. The second-order valence-electron chi connectivity index (χ2n) is 5.01. The quantitative estimate of drug-likeness (QED) is 0.533. The molecular formula is C21H20FeO7. The molecule has 5 N–H and O–H groups in total. The molecule has 3 aromatic carbocycles. The van der Waals surface area contributed by atoms with Gasteiger partial charge in [-0.15, -0.1) is 0 Å². The first-order valence-corrected chi connectivity index (χ1v) is 7.77. The van der Waals surface area contributed by atoms with Crippen LogP contribution in [0.15, 0.2) is 91.0 Å². The Bertz CT molecular complexity index is 736. The molecular weight excluding hydrogens is 420 g/mol. The minimum atomic E-state index is -0.879. The van der Waals surface area contributed by atoms with Gasteiger partial charge in [-0.2, -0.15) is 0 Å². The van der Waals surface area contributed by atoms with Gasteiger partial charge >= 0.3 is 17.9 Å². The third-order valence-corrected chi connectivity index (χ3v) is 3.06. The van der Waals surface area contributed by atoms with Crippen LogP contribution in [0.1, 0.15) is 31.1 Å². The van der Waals surface area contributed by atoms with Crippen molar-refractivity contribution >= 4 is 17.9 Å². The van der Waals surface area contributed by atoms with Crippen LogP contribution in [-0.2, 0) is 17.1 Å². The first kappa shape index (κ1) is 27.8. The summed E-state index contributed by atoms with van der Waals surface area (Å²) in [5.74, 6) is -2.64. The average Bonchev–Trinajstić information content (AvgIpc) is 2.71. The number of carboxylic acids is 3. The molecule has 0 aromatic heterocycles. The number of benzene rings is 3. The Balaban J connectivity index is 0. The van der Waals surface area contributed by atoms with E-state index in [4.69, 9.17) is 15.3 Å². The summed E-state index contributed by atoms with van der Waals surface area (Å²) in [6.07, 6.45) is 0. The molecule has 0 saturated heterocycles. The number of carboxylic acid groups (broad SMARTS) is 3. The fourth-order valence-electron chi connectivity index (χ4n) is 1.74. The molecule has 7 nitrogen and oxygen atoms in total. The molecule has 0 amide bonds. The summed E-state index contributed by atoms with van der Waals surface area (Å²) in [7, 11) is 0. The van der Waals surface area contributed by atoms with Gasteiger partial charge in [0.2, 0.25) is 0 Å². The van der Waals surface area contributed by atoms with Crippen LogP contribution in [-0.4, -0.2) is 38.7 Å². The molecule has 3 aromatic rings. The van der Waals surface area contributed by atoms with E-state index in [2.05, 4.69) is 0 Å².